The Labute approximate surface area is 135 Å². The average Bonchev–Trinajstić information content (AvgIpc) is 2.50. The van der Waals surface area contributed by atoms with E-state index in [2.05, 4.69) is 67.7 Å². The van der Waals surface area contributed by atoms with E-state index in [4.69, 9.17) is 5.11 Å². The Morgan fingerprint density at radius 2 is 1.14 bits per heavy atom. The molecule has 0 fully saturated rings. The number of hydrogen-bond donors (Lipinski definition) is 1. The molecule has 0 saturated heterocycles. The van der Waals surface area contributed by atoms with Crippen LogP contribution in [0.4, 0.5) is 0 Å². The zero-order valence-electron chi connectivity index (χ0n) is 13.8. The molecule has 0 aliphatic carbocycles. The van der Waals surface area contributed by atoms with Crippen molar-refractivity contribution >= 4 is 5.97 Å². The van der Waals surface area contributed by atoms with Crippen molar-refractivity contribution in [1.29, 1.82) is 0 Å². The first-order chi connectivity index (χ1) is 10.8. The lowest BCUT2D eigenvalue weighted by Crippen LogP contribution is -1.92. The second kappa shape index (κ2) is 17.2. The summed E-state index contributed by atoms with van der Waals surface area (Å²) in [5.74, 6) is -0.715. The van der Waals surface area contributed by atoms with Gasteiger partial charge in [-0.25, -0.2) is 0 Å². The lowest BCUT2D eigenvalue weighted by molar-refractivity contribution is -0.137. The number of carbonyl (C=O) groups is 1. The molecular formula is C20H30O2. The van der Waals surface area contributed by atoms with Crippen LogP contribution >= 0.6 is 0 Å². The van der Waals surface area contributed by atoms with Crippen LogP contribution in [0.1, 0.15) is 58.3 Å². The molecule has 0 aromatic heterocycles. The second-order valence-electron chi connectivity index (χ2n) is 4.99. The highest BCUT2D eigenvalue weighted by Gasteiger charge is 1.92. The van der Waals surface area contributed by atoms with Gasteiger partial charge < -0.3 is 5.11 Å². The van der Waals surface area contributed by atoms with Crippen LogP contribution in [-0.4, -0.2) is 11.1 Å². The monoisotopic (exact) mass is 302 g/mol. The number of hydrogen-bond acceptors (Lipinski definition) is 1. The Bertz CT molecular complexity index is 398. The molecule has 0 radical (unpaired) electrons. The Kier molecular flexibility index (Phi) is 15.8. The summed E-state index contributed by atoms with van der Waals surface area (Å²) in [5.41, 5.74) is 0. The highest BCUT2D eigenvalue weighted by atomic mass is 16.4. The Hall–Kier alpha value is -1.83. The first-order valence-corrected chi connectivity index (χ1v) is 8.24. The van der Waals surface area contributed by atoms with Gasteiger partial charge in [-0.2, -0.15) is 0 Å². The average molecular weight is 302 g/mol. The minimum absolute atomic E-state index is 0.258. The van der Waals surface area contributed by atoms with Crippen LogP contribution in [-0.2, 0) is 4.79 Å². The zero-order chi connectivity index (χ0) is 16.3. The van der Waals surface area contributed by atoms with Crippen molar-refractivity contribution in [2.24, 2.45) is 0 Å². The van der Waals surface area contributed by atoms with Gasteiger partial charge >= 0.3 is 5.97 Å². The molecule has 0 saturated carbocycles. The molecule has 0 heterocycles. The zero-order valence-corrected chi connectivity index (χ0v) is 13.8. The number of carboxylic acids is 1. The smallest absolute Gasteiger partial charge is 0.303 e. The molecule has 1 N–H and O–H groups in total. The van der Waals surface area contributed by atoms with Crippen molar-refractivity contribution in [3.63, 3.8) is 0 Å². The summed E-state index contributed by atoms with van der Waals surface area (Å²) in [4.78, 5) is 10.3. The van der Waals surface area contributed by atoms with Crippen LogP contribution in [0, 0.1) is 0 Å². The van der Waals surface area contributed by atoms with Crippen LogP contribution < -0.4 is 0 Å². The SMILES string of the molecule is CC/C=C/C/C=C\C/C=C\C/C=C/C/C=C\CCCC(=O)O. The quantitative estimate of drug-likeness (QED) is 0.335. The molecule has 122 valence electrons. The van der Waals surface area contributed by atoms with Crippen LogP contribution in [0.15, 0.2) is 60.8 Å². The van der Waals surface area contributed by atoms with E-state index in [1.807, 2.05) is 0 Å². The molecule has 2 heteroatoms. The van der Waals surface area contributed by atoms with Gasteiger partial charge in [-0.1, -0.05) is 67.7 Å². The molecule has 0 aliphatic rings. The van der Waals surface area contributed by atoms with Crippen LogP contribution in [0.3, 0.4) is 0 Å². The van der Waals surface area contributed by atoms with E-state index >= 15 is 0 Å². The van der Waals surface area contributed by atoms with Crippen molar-refractivity contribution in [2.75, 3.05) is 0 Å². The van der Waals surface area contributed by atoms with Crippen molar-refractivity contribution in [3.05, 3.63) is 60.8 Å². The maximum absolute atomic E-state index is 10.3. The molecule has 0 amide bonds. The van der Waals surface area contributed by atoms with Crippen molar-refractivity contribution in [3.8, 4) is 0 Å². The van der Waals surface area contributed by atoms with Gasteiger partial charge in [-0.15, -0.1) is 0 Å². The third kappa shape index (κ3) is 18.2. The highest BCUT2D eigenvalue weighted by Crippen LogP contribution is 1.99. The summed E-state index contributed by atoms with van der Waals surface area (Å²) in [6.07, 6.45) is 28.4. The Morgan fingerprint density at radius 1 is 0.727 bits per heavy atom. The topological polar surface area (TPSA) is 37.3 Å². The van der Waals surface area contributed by atoms with E-state index in [1.165, 1.54) is 0 Å². The molecule has 0 unspecified atom stereocenters. The fourth-order valence-corrected chi connectivity index (χ4v) is 1.74. The van der Waals surface area contributed by atoms with Crippen molar-refractivity contribution in [2.45, 2.75) is 58.3 Å². The van der Waals surface area contributed by atoms with Crippen LogP contribution in [0.25, 0.3) is 0 Å². The van der Waals surface area contributed by atoms with Gasteiger partial charge in [-0.3, -0.25) is 4.79 Å². The summed E-state index contributed by atoms with van der Waals surface area (Å²) in [6, 6.07) is 0. The second-order valence-corrected chi connectivity index (χ2v) is 4.99. The lowest BCUT2D eigenvalue weighted by atomic mass is 10.2. The first-order valence-electron chi connectivity index (χ1n) is 8.24. The predicted molar refractivity (Wildman–Crippen MR) is 95.9 cm³/mol. The third-order valence-corrected chi connectivity index (χ3v) is 2.92. The molecule has 0 aromatic carbocycles. The fourth-order valence-electron chi connectivity index (χ4n) is 1.74. The molecule has 0 aliphatic heterocycles. The normalized spacial score (nSPS) is 12.8. The van der Waals surface area contributed by atoms with Crippen molar-refractivity contribution in [1.82, 2.24) is 0 Å². The largest absolute Gasteiger partial charge is 0.481 e. The van der Waals surface area contributed by atoms with E-state index in [9.17, 15) is 4.79 Å². The minimum Gasteiger partial charge on any atom is -0.481 e. The van der Waals surface area contributed by atoms with Crippen molar-refractivity contribution < 1.29 is 9.90 Å². The molecule has 22 heavy (non-hydrogen) atoms. The van der Waals surface area contributed by atoms with Gasteiger partial charge in [0.05, 0.1) is 0 Å². The fraction of sp³-hybridized carbons (Fsp3) is 0.450. The first kappa shape index (κ1) is 20.2. The number of aliphatic carboxylic acids is 1. The van der Waals surface area contributed by atoms with Gasteiger partial charge in [0.15, 0.2) is 0 Å². The number of unbranched alkanes of at least 4 members (excludes halogenated alkanes) is 1. The number of carboxylic acid groups (broad SMARTS) is 1. The molecular weight excluding hydrogens is 272 g/mol. The van der Waals surface area contributed by atoms with Gasteiger partial charge in [0, 0.05) is 6.42 Å². The van der Waals surface area contributed by atoms with E-state index in [-0.39, 0.29) is 6.42 Å². The Morgan fingerprint density at radius 3 is 1.55 bits per heavy atom. The summed E-state index contributed by atoms with van der Waals surface area (Å²) in [7, 11) is 0. The molecule has 0 rings (SSSR count). The van der Waals surface area contributed by atoms with Crippen LogP contribution in [0.2, 0.25) is 0 Å². The van der Waals surface area contributed by atoms with E-state index < -0.39 is 5.97 Å². The van der Waals surface area contributed by atoms with Gasteiger partial charge in [0.25, 0.3) is 0 Å². The lowest BCUT2D eigenvalue weighted by Gasteiger charge is -1.89. The van der Waals surface area contributed by atoms with E-state index in [0.717, 1.165) is 44.9 Å². The maximum atomic E-state index is 10.3. The summed E-state index contributed by atoms with van der Waals surface area (Å²) in [6.45, 7) is 2.14. The summed E-state index contributed by atoms with van der Waals surface area (Å²) < 4.78 is 0. The maximum Gasteiger partial charge on any atom is 0.303 e. The van der Waals surface area contributed by atoms with E-state index in [0.29, 0.717) is 0 Å². The highest BCUT2D eigenvalue weighted by molar-refractivity contribution is 5.66. The standard InChI is InChI=1S/C20H30O2/c1-2-3-4-5-6-7-8-9-10-11-12-13-14-15-16-17-18-19-20(21)22/h3-4,6-7,9-10,12-13,15-16H,2,5,8,11,14,17-19H2,1H3,(H,21,22)/b4-3+,7-6-,10-9-,13-12+,16-15-. The molecule has 0 spiro atoms. The van der Waals surface area contributed by atoms with E-state index in [1.54, 1.807) is 0 Å². The minimum atomic E-state index is -0.715. The van der Waals surface area contributed by atoms with Gasteiger partial charge in [-0.05, 0) is 44.9 Å². The van der Waals surface area contributed by atoms with Gasteiger partial charge in [0.1, 0.15) is 0 Å². The molecule has 2 nitrogen and oxygen atoms in total. The number of rotatable bonds is 13. The predicted octanol–water partition coefficient (Wildman–Crippen LogP) is 5.99. The molecule has 0 aromatic rings. The summed E-state index contributed by atoms with van der Waals surface area (Å²) >= 11 is 0. The number of allylic oxidation sites excluding steroid dienone is 10. The Balaban J connectivity index is 3.46. The van der Waals surface area contributed by atoms with Gasteiger partial charge in [0.2, 0.25) is 0 Å². The molecule has 0 bridgehead atoms. The molecule has 0 atom stereocenters. The summed E-state index contributed by atoms with van der Waals surface area (Å²) in [5, 5.41) is 8.49. The third-order valence-electron chi connectivity index (χ3n) is 2.92. The van der Waals surface area contributed by atoms with Crippen LogP contribution in [0.5, 0.6) is 0 Å².